The summed E-state index contributed by atoms with van der Waals surface area (Å²) in [6, 6.07) is 9.28. The summed E-state index contributed by atoms with van der Waals surface area (Å²) in [5.74, 6) is 0.756. The van der Waals surface area contributed by atoms with Crippen LogP contribution in [-0.2, 0) is 0 Å². The summed E-state index contributed by atoms with van der Waals surface area (Å²) >= 11 is 12.3. The number of rotatable bonds is 2. The van der Waals surface area contributed by atoms with E-state index in [1.54, 1.807) is 18.3 Å². The number of benzene rings is 1. The van der Waals surface area contributed by atoms with Crippen molar-refractivity contribution in [1.82, 2.24) is 15.0 Å². The second-order valence-electron chi connectivity index (χ2n) is 3.83. The molecule has 90 valence electrons. The average Bonchev–Trinajstić information content (AvgIpc) is 2.99. The summed E-state index contributed by atoms with van der Waals surface area (Å²) in [7, 11) is 0. The van der Waals surface area contributed by atoms with Crippen LogP contribution in [0.4, 0.5) is 0 Å². The standard InChI is InChI=1S/C13H9Cl2N3/c14-8-3-1-4-9(15)12(8)11-7-17-13(18-11)10-5-2-6-16-10/h1-7,16H,(H,17,18). The number of nitrogens with zero attached hydrogens (tertiary/aromatic N) is 1. The predicted molar refractivity (Wildman–Crippen MR) is 73.8 cm³/mol. The molecule has 2 aromatic heterocycles. The Morgan fingerprint density at radius 3 is 2.39 bits per heavy atom. The van der Waals surface area contributed by atoms with Crippen LogP contribution < -0.4 is 0 Å². The normalized spacial score (nSPS) is 10.8. The van der Waals surface area contributed by atoms with Gasteiger partial charge in [-0.2, -0.15) is 0 Å². The van der Waals surface area contributed by atoms with E-state index in [4.69, 9.17) is 23.2 Å². The van der Waals surface area contributed by atoms with E-state index in [1.807, 2.05) is 24.4 Å². The molecule has 0 saturated carbocycles. The van der Waals surface area contributed by atoms with Gasteiger partial charge in [0.05, 0.1) is 27.6 Å². The largest absolute Gasteiger partial charge is 0.359 e. The van der Waals surface area contributed by atoms with Gasteiger partial charge >= 0.3 is 0 Å². The molecule has 5 heteroatoms. The highest BCUT2D eigenvalue weighted by Crippen LogP contribution is 2.34. The van der Waals surface area contributed by atoms with Crippen molar-refractivity contribution in [1.29, 1.82) is 0 Å². The molecule has 2 N–H and O–H groups in total. The minimum atomic E-state index is 0.601. The van der Waals surface area contributed by atoms with E-state index < -0.39 is 0 Å². The number of hydrogen-bond donors (Lipinski definition) is 2. The number of imidazole rings is 1. The van der Waals surface area contributed by atoms with Crippen LogP contribution in [0.15, 0.2) is 42.7 Å². The zero-order chi connectivity index (χ0) is 12.5. The van der Waals surface area contributed by atoms with Crippen LogP contribution in [0.3, 0.4) is 0 Å². The monoisotopic (exact) mass is 277 g/mol. The summed E-state index contributed by atoms with van der Waals surface area (Å²) in [5, 5.41) is 1.20. The summed E-state index contributed by atoms with van der Waals surface area (Å²) in [6.07, 6.45) is 3.57. The maximum atomic E-state index is 6.16. The maximum absolute atomic E-state index is 6.16. The number of nitrogens with one attached hydrogen (secondary N) is 2. The summed E-state index contributed by atoms with van der Waals surface area (Å²) in [4.78, 5) is 10.6. The molecule has 0 amide bonds. The van der Waals surface area contributed by atoms with Crippen molar-refractivity contribution in [3.63, 3.8) is 0 Å². The van der Waals surface area contributed by atoms with Gasteiger partial charge in [-0.05, 0) is 24.3 Å². The van der Waals surface area contributed by atoms with E-state index in [2.05, 4.69) is 15.0 Å². The van der Waals surface area contributed by atoms with Crippen LogP contribution in [0.25, 0.3) is 22.8 Å². The Balaban J connectivity index is 2.09. The van der Waals surface area contributed by atoms with Crippen molar-refractivity contribution in [2.45, 2.75) is 0 Å². The first-order valence-electron chi connectivity index (χ1n) is 5.39. The Morgan fingerprint density at radius 1 is 0.944 bits per heavy atom. The quantitative estimate of drug-likeness (QED) is 0.717. The molecule has 0 saturated heterocycles. The van der Waals surface area contributed by atoms with Gasteiger partial charge in [0.1, 0.15) is 0 Å². The zero-order valence-corrected chi connectivity index (χ0v) is 10.8. The van der Waals surface area contributed by atoms with Crippen molar-refractivity contribution in [3.05, 3.63) is 52.8 Å². The van der Waals surface area contributed by atoms with Crippen molar-refractivity contribution < 1.29 is 0 Å². The van der Waals surface area contributed by atoms with Gasteiger partial charge in [-0.3, -0.25) is 0 Å². The molecule has 0 fully saturated rings. The maximum Gasteiger partial charge on any atom is 0.154 e. The van der Waals surface area contributed by atoms with Crippen molar-refractivity contribution in [2.75, 3.05) is 0 Å². The third-order valence-corrected chi connectivity index (χ3v) is 3.29. The van der Waals surface area contributed by atoms with Gasteiger partial charge in [0.2, 0.25) is 0 Å². The number of aromatic amines is 2. The van der Waals surface area contributed by atoms with Crippen LogP contribution in [0.2, 0.25) is 10.0 Å². The molecule has 3 rings (SSSR count). The number of halogens is 2. The van der Waals surface area contributed by atoms with Gasteiger partial charge < -0.3 is 9.97 Å². The van der Waals surface area contributed by atoms with Crippen molar-refractivity contribution >= 4 is 23.2 Å². The molecule has 0 unspecified atom stereocenters. The van der Waals surface area contributed by atoms with Crippen LogP contribution in [0.1, 0.15) is 0 Å². The van der Waals surface area contributed by atoms with Gasteiger partial charge in [-0.1, -0.05) is 29.3 Å². The topological polar surface area (TPSA) is 44.5 Å². The van der Waals surface area contributed by atoms with Crippen LogP contribution in [-0.4, -0.2) is 15.0 Å². The van der Waals surface area contributed by atoms with E-state index in [-0.39, 0.29) is 0 Å². The van der Waals surface area contributed by atoms with Gasteiger partial charge in [0.15, 0.2) is 5.82 Å². The minimum Gasteiger partial charge on any atom is -0.359 e. The first kappa shape index (κ1) is 11.4. The molecule has 0 bridgehead atoms. The van der Waals surface area contributed by atoms with Gasteiger partial charge in [0.25, 0.3) is 0 Å². The molecule has 0 aliphatic rings. The second kappa shape index (κ2) is 4.52. The first-order chi connectivity index (χ1) is 8.75. The summed E-state index contributed by atoms with van der Waals surface area (Å²) in [6.45, 7) is 0. The lowest BCUT2D eigenvalue weighted by Crippen LogP contribution is -1.83. The molecule has 0 aliphatic heterocycles. The smallest absolute Gasteiger partial charge is 0.154 e. The molecule has 18 heavy (non-hydrogen) atoms. The fourth-order valence-corrected chi connectivity index (χ4v) is 2.42. The fraction of sp³-hybridized carbons (Fsp3) is 0. The van der Waals surface area contributed by atoms with Crippen LogP contribution in [0, 0.1) is 0 Å². The Labute approximate surface area is 114 Å². The minimum absolute atomic E-state index is 0.601. The highest BCUT2D eigenvalue weighted by atomic mass is 35.5. The van der Waals surface area contributed by atoms with E-state index in [1.165, 1.54) is 0 Å². The molecule has 0 aliphatic carbocycles. The van der Waals surface area contributed by atoms with Crippen LogP contribution in [0.5, 0.6) is 0 Å². The Bertz CT molecular complexity index is 651. The predicted octanol–water partition coefficient (Wildman–Crippen LogP) is 4.38. The zero-order valence-electron chi connectivity index (χ0n) is 9.24. The molecule has 3 aromatic rings. The third kappa shape index (κ3) is 1.92. The molecule has 2 heterocycles. The highest BCUT2D eigenvalue weighted by Gasteiger charge is 2.11. The Kier molecular flexibility index (Phi) is 2.86. The fourth-order valence-electron chi connectivity index (χ4n) is 1.82. The van der Waals surface area contributed by atoms with Crippen molar-refractivity contribution in [2.24, 2.45) is 0 Å². The lowest BCUT2D eigenvalue weighted by atomic mass is 10.2. The molecule has 3 nitrogen and oxygen atoms in total. The van der Waals surface area contributed by atoms with Crippen molar-refractivity contribution in [3.8, 4) is 22.8 Å². The Hall–Kier alpha value is -1.71. The van der Waals surface area contributed by atoms with Gasteiger partial charge in [-0.25, -0.2) is 4.98 Å². The third-order valence-electron chi connectivity index (χ3n) is 2.66. The van der Waals surface area contributed by atoms with E-state index in [9.17, 15) is 0 Å². The summed E-state index contributed by atoms with van der Waals surface area (Å²) < 4.78 is 0. The lowest BCUT2D eigenvalue weighted by Gasteiger charge is -2.03. The number of aromatic nitrogens is 3. The first-order valence-corrected chi connectivity index (χ1v) is 6.14. The molecular weight excluding hydrogens is 269 g/mol. The van der Waals surface area contributed by atoms with Gasteiger partial charge in [-0.15, -0.1) is 0 Å². The highest BCUT2D eigenvalue weighted by molar-refractivity contribution is 6.39. The second-order valence-corrected chi connectivity index (χ2v) is 4.64. The number of H-pyrrole nitrogens is 2. The van der Waals surface area contributed by atoms with E-state index in [0.717, 1.165) is 22.8 Å². The molecule has 0 radical (unpaired) electrons. The van der Waals surface area contributed by atoms with E-state index >= 15 is 0 Å². The average molecular weight is 278 g/mol. The SMILES string of the molecule is Clc1cccc(Cl)c1-c1cnc(-c2ccc[nH]2)[nH]1. The van der Waals surface area contributed by atoms with E-state index in [0.29, 0.717) is 10.0 Å². The lowest BCUT2D eigenvalue weighted by molar-refractivity contribution is 1.26. The van der Waals surface area contributed by atoms with Gasteiger partial charge in [0, 0.05) is 11.8 Å². The summed E-state index contributed by atoms with van der Waals surface area (Å²) in [5.41, 5.74) is 2.49. The molecular formula is C13H9Cl2N3. The number of hydrogen-bond acceptors (Lipinski definition) is 1. The molecule has 0 atom stereocenters. The Morgan fingerprint density at radius 2 is 1.72 bits per heavy atom. The molecule has 1 aromatic carbocycles. The molecule has 0 spiro atoms. The van der Waals surface area contributed by atoms with Crippen LogP contribution >= 0.6 is 23.2 Å².